The Balaban J connectivity index is 0. The first-order valence-electron chi connectivity index (χ1n) is 0. The third-order valence-corrected chi connectivity index (χ3v) is 0. The standard InChI is InChI=1S/3ClH.H3N.Ru/h3*1H;1H3;/q;;;;+3/p-2. The summed E-state index contributed by atoms with van der Waals surface area (Å²) in [4.78, 5) is 0. The van der Waals surface area contributed by atoms with E-state index >= 15 is 0 Å². The third-order valence-electron chi connectivity index (χ3n) is 0. The maximum absolute atomic E-state index is 0. The summed E-state index contributed by atoms with van der Waals surface area (Å²) in [6.45, 7) is 0. The Hall–Kier alpha value is 1.45. The molecular weight excluding hydrogens is 221 g/mol. The van der Waals surface area contributed by atoms with Crippen molar-refractivity contribution in [3.8, 4) is 0 Å². The van der Waals surface area contributed by atoms with Crippen LogP contribution in [0, 0.1) is 0 Å². The fourth-order valence-corrected chi connectivity index (χ4v) is 0. The minimum atomic E-state index is 0. The van der Waals surface area contributed by atoms with Gasteiger partial charge in [0.15, 0.2) is 0 Å². The van der Waals surface area contributed by atoms with Crippen molar-refractivity contribution in [2.24, 2.45) is 0 Å². The van der Waals surface area contributed by atoms with Crippen LogP contribution in [-0.4, -0.2) is 0 Å². The molecule has 1 nitrogen and oxygen atoms in total. The fourth-order valence-electron chi connectivity index (χ4n) is 0. The van der Waals surface area contributed by atoms with Gasteiger partial charge in [0.1, 0.15) is 0 Å². The van der Waals surface area contributed by atoms with Crippen LogP contribution in [0.5, 0.6) is 0 Å². The zero-order chi connectivity index (χ0) is 0. The van der Waals surface area contributed by atoms with Crippen LogP contribution >= 0.6 is 12.4 Å². The van der Waals surface area contributed by atoms with E-state index in [9.17, 15) is 0 Å². The molecule has 0 fully saturated rings. The minimum absolute atomic E-state index is 0. The Kier molecular flexibility index (Phi) is 930. The molecule has 0 aromatic rings. The monoisotopic (exact) mass is 225 g/mol. The van der Waals surface area contributed by atoms with E-state index in [0.29, 0.717) is 0 Å². The second kappa shape index (κ2) is 51.2. The number of halogens is 3. The van der Waals surface area contributed by atoms with Crippen molar-refractivity contribution in [1.29, 1.82) is 0 Å². The van der Waals surface area contributed by atoms with Crippen LogP contribution in [0.1, 0.15) is 0 Å². The molecule has 0 aromatic carbocycles. The zero-order valence-corrected chi connectivity index (χ0v) is 6.29. The Morgan fingerprint density at radius 2 is 0.800 bits per heavy atom. The predicted molar refractivity (Wildman–Crippen MR) is 12.3 cm³/mol. The zero-order valence-electron chi connectivity index (χ0n) is 2.22. The van der Waals surface area contributed by atoms with Crippen LogP contribution in [0.2, 0.25) is 0 Å². The number of hydrogen-bond donors (Lipinski definition) is 1. The van der Waals surface area contributed by atoms with Gasteiger partial charge in [-0.2, -0.15) is 0 Å². The van der Waals surface area contributed by atoms with Gasteiger partial charge in [-0.05, 0) is 0 Å². The molecule has 0 aliphatic heterocycles. The molecule has 1 radical (unpaired) electrons. The SMILES string of the molecule is Cl.N.[Cl-].[Cl-].[Ru+3]. The molecule has 37 valence electrons. The van der Waals surface area contributed by atoms with Crippen LogP contribution < -0.4 is 31.0 Å². The first-order chi connectivity index (χ1) is 0. The van der Waals surface area contributed by atoms with Gasteiger partial charge in [0, 0.05) is 0 Å². The largest absolute Gasteiger partial charge is 3.00 e. The van der Waals surface area contributed by atoms with E-state index in [1.807, 2.05) is 0 Å². The van der Waals surface area contributed by atoms with Gasteiger partial charge in [-0.25, -0.2) is 0 Å². The molecule has 0 bridgehead atoms. The van der Waals surface area contributed by atoms with Crippen molar-refractivity contribution in [2.45, 2.75) is 0 Å². The van der Waals surface area contributed by atoms with E-state index < -0.39 is 0 Å². The molecule has 0 saturated carbocycles. The van der Waals surface area contributed by atoms with Crippen LogP contribution in [0.3, 0.4) is 0 Å². The predicted octanol–water partition coefficient (Wildman–Crippen LogP) is -5.41. The molecule has 0 spiro atoms. The van der Waals surface area contributed by atoms with Crippen molar-refractivity contribution in [3.63, 3.8) is 0 Å². The van der Waals surface area contributed by atoms with Gasteiger partial charge >= 0.3 is 19.5 Å². The summed E-state index contributed by atoms with van der Waals surface area (Å²) < 4.78 is 0. The normalized spacial score (nSPS) is 0. The Labute approximate surface area is 62.8 Å². The van der Waals surface area contributed by atoms with Gasteiger partial charge < -0.3 is 31.0 Å². The first kappa shape index (κ1) is 90.9. The summed E-state index contributed by atoms with van der Waals surface area (Å²) >= 11 is 0. The van der Waals surface area contributed by atoms with E-state index in [4.69, 9.17) is 0 Å². The summed E-state index contributed by atoms with van der Waals surface area (Å²) in [6.07, 6.45) is 0. The van der Waals surface area contributed by atoms with Crippen LogP contribution in [-0.2, 0) is 19.5 Å². The summed E-state index contributed by atoms with van der Waals surface area (Å²) in [5, 5.41) is 0. The fraction of sp³-hybridized carbons (Fsp3) is 0. The van der Waals surface area contributed by atoms with E-state index in [-0.39, 0.29) is 62.8 Å². The summed E-state index contributed by atoms with van der Waals surface area (Å²) in [5.41, 5.74) is 0. The molecule has 0 aromatic heterocycles. The van der Waals surface area contributed by atoms with Crippen molar-refractivity contribution in [1.82, 2.24) is 6.15 Å². The Morgan fingerprint density at radius 3 is 0.800 bits per heavy atom. The van der Waals surface area contributed by atoms with Crippen LogP contribution in [0.15, 0.2) is 0 Å². The molecule has 5 heteroatoms. The average molecular weight is 225 g/mol. The Morgan fingerprint density at radius 1 is 0.800 bits per heavy atom. The molecular formula is H4Cl3NRu+. The molecule has 0 aliphatic carbocycles. The quantitative estimate of drug-likeness (QED) is 0.411. The van der Waals surface area contributed by atoms with Gasteiger partial charge in [0.05, 0.1) is 0 Å². The molecule has 0 atom stereocenters. The Bertz CT molecular complexity index is 6.85. The molecule has 5 heavy (non-hydrogen) atoms. The van der Waals surface area contributed by atoms with Gasteiger partial charge in [0.25, 0.3) is 0 Å². The molecule has 0 unspecified atom stereocenters. The van der Waals surface area contributed by atoms with Crippen molar-refractivity contribution >= 4 is 12.4 Å². The maximum Gasteiger partial charge on any atom is 3.00 e. The third kappa shape index (κ3) is 30.8. The van der Waals surface area contributed by atoms with Gasteiger partial charge in [0.2, 0.25) is 0 Å². The second-order valence-electron chi connectivity index (χ2n) is 0. The average Bonchev–Trinajstić information content (AvgIpc) is 0. The van der Waals surface area contributed by atoms with Crippen molar-refractivity contribution in [2.75, 3.05) is 0 Å². The first-order valence-corrected chi connectivity index (χ1v) is 0. The molecule has 3 N–H and O–H groups in total. The molecule has 0 heterocycles. The van der Waals surface area contributed by atoms with Crippen molar-refractivity contribution in [3.05, 3.63) is 0 Å². The minimum Gasteiger partial charge on any atom is -1.00 e. The van der Waals surface area contributed by atoms with Gasteiger partial charge in [-0.3, -0.25) is 0 Å². The van der Waals surface area contributed by atoms with E-state index in [0.717, 1.165) is 0 Å². The van der Waals surface area contributed by atoms with Crippen LogP contribution in [0.4, 0.5) is 0 Å². The van der Waals surface area contributed by atoms with E-state index in [1.54, 1.807) is 0 Å². The number of rotatable bonds is 0. The summed E-state index contributed by atoms with van der Waals surface area (Å²) in [6, 6.07) is 0. The summed E-state index contributed by atoms with van der Waals surface area (Å²) in [7, 11) is 0. The van der Waals surface area contributed by atoms with Gasteiger partial charge in [-0.1, -0.05) is 0 Å². The molecule has 0 amide bonds. The second-order valence-corrected chi connectivity index (χ2v) is 0. The summed E-state index contributed by atoms with van der Waals surface area (Å²) in [5.74, 6) is 0. The van der Waals surface area contributed by atoms with E-state index in [2.05, 4.69) is 0 Å². The van der Waals surface area contributed by atoms with Crippen molar-refractivity contribution < 1.29 is 44.3 Å². The molecule has 0 rings (SSSR count). The maximum atomic E-state index is 0. The van der Waals surface area contributed by atoms with Gasteiger partial charge in [-0.15, -0.1) is 12.4 Å². The topological polar surface area (TPSA) is 35.0 Å². The number of hydrogen-bond acceptors (Lipinski definition) is 1. The smallest absolute Gasteiger partial charge is 1.00 e. The molecule has 0 saturated heterocycles. The molecule has 0 aliphatic rings. The van der Waals surface area contributed by atoms with Crippen LogP contribution in [0.25, 0.3) is 0 Å². The van der Waals surface area contributed by atoms with E-state index in [1.165, 1.54) is 0 Å².